The largest absolute Gasteiger partial charge is 0.481 e. The van der Waals surface area contributed by atoms with Crippen molar-refractivity contribution < 1.29 is 28.6 Å². The number of imide groups is 1. The van der Waals surface area contributed by atoms with E-state index >= 15 is 0 Å². The second-order valence-electron chi connectivity index (χ2n) is 9.35. The first-order chi connectivity index (χ1) is 18.3. The minimum atomic E-state index is -0.753. The van der Waals surface area contributed by atoms with Gasteiger partial charge in [0.15, 0.2) is 6.10 Å². The molecule has 2 aliphatic rings. The van der Waals surface area contributed by atoms with Gasteiger partial charge < -0.3 is 19.5 Å². The predicted octanol–water partition coefficient (Wildman–Crippen LogP) is 5.62. The Morgan fingerprint density at radius 3 is 2.63 bits per heavy atom. The third-order valence-electron chi connectivity index (χ3n) is 6.50. The summed E-state index contributed by atoms with van der Waals surface area (Å²) in [6.45, 7) is 4.43. The number of anilines is 1. The molecule has 0 aliphatic carbocycles. The highest BCUT2D eigenvalue weighted by molar-refractivity contribution is 6.30. The maximum absolute atomic E-state index is 12.9. The van der Waals surface area contributed by atoms with E-state index in [4.69, 9.17) is 25.8 Å². The van der Waals surface area contributed by atoms with Crippen LogP contribution in [0.3, 0.4) is 0 Å². The number of hydrogen-bond acceptors (Lipinski definition) is 6. The smallest absolute Gasteiger partial charge is 0.265 e. The van der Waals surface area contributed by atoms with Gasteiger partial charge in [-0.3, -0.25) is 19.3 Å². The minimum absolute atomic E-state index is 0.116. The molecule has 2 unspecified atom stereocenters. The number of carbonyl (C=O) groups is 3. The van der Waals surface area contributed by atoms with E-state index in [1.54, 1.807) is 67.6 Å². The van der Waals surface area contributed by atoms with Crippen molar-refractivity contribution in [2.75, 3.05) is 18.5 Å². The lowest BCUT2D eigenvalue weighted by Gasteiger charge is -2.17. The summed E-state index contributed by atoms with van der Waals surface area (Å²) < 4.78 is 17.4. The molecule has 0 bridgehead atoms. The van der Waals surface area contributed by atoms with Crippen LogP contribution in [0.5, 0.6) is 17.2 Å². The van der Waals surface area contributed by atoms with Crippen LogP contribution in [-0.4, -0.2) is 48.0 Å². The summed E-state index contributed by atoms with van der Waals surface area (Å²) >= 11 is 5.99. The van der Waals surface area contributed by atoms with Crippen molar-refractivity contribution in [3.8, 4) is 17.2 Å². The molecule has 0 radical (unpaired) electrons. The summed E-state index contributed by atoms with van der Waals surface area (Å²) in [4.78, 5) is 39.7. The van der Waals surface area contributed by atoms with Crippen molar-refractivity contribution in [2.24, 2.45) is 0 Å². The maximum Gasteiger partial charge on any atom is 0.265 e. The molecule has 0 spiro atoms. The average Bonchev–Trinajstić information content (AvgIpc) is 3.49. The van der Waals surface area contributed by atoms with Crippen LogP contribution in [-0.2, 0) is 9.53 Å². The highest BCUT2D eigenvalue weighted by Gasteiger charge is 2.37. The highest BCUT2D eigenvalue weighted by atomic mass is 35.5. The first-order valence-electron chi connectivity index (χ1n) is 12.4. The molecule has 0 saturated carbocycles. The molecule has 2 heterocycles. The number of fused-ring (bicyclic) bond motifs is 1. The van der Waals surface area contributed by atoms with E-state index in [-0.39, 0.29) is 30.4 Å². The Hall–Kier alpha value is -3.88. The van der Waals surface area contributed by atoms with E-state index in [0.717, 1.165) is 18.4 Å². The summed E-state index contributed by atoms with van der Waals surface area (Å²) in [5.74, 6) is 0.441. The minimum Gasteiger partial charge on any atom is -0.481 e. The molecule has 0 aromatic heterocycles. The number of rotatable bonds is 8. The number of benzene rings is 3. The van der Waals surface area contributed by atoms with Gasteiger partial charge in [-0.1, -0.05) is 17.7 Å². The van der Waals surface area contributed by atoms with E-state index in [1.165, 1.54) is 4.90 Å². The first kappa shape index (κ1) is 25.8. The molecular formula is C29H27ClN2O6. The Kier molecular flexibility index (Phi) is 7.35. The van der Waals surface area contributed by atoms with Gasteiger partial charge in [0.1, 0.15) is 17.2 Å². The van der Waals surface area contributed by atoms with Gasteiger partial charge in [-0.2, -0.15) is 0 Å². The topological polar surface area (TPSA) is 94.2 Å². The standard InChI is InChI=1S/C29H27ClN2O6/c1-17-13-19(30)8-11-26(17)37-18(2)27(33)31-20-5-3-6-21(14-20)38-22-9-10-24-25(15-22)29(35)32(28(24)34)16-23-7-4-12-36-23/h3,5-6,8-11,13-15,18,23H,4,7,12,16H2,1-2H3,(H,31,33). The van der Waals surface area contributed by atoms with E-state index in [1.807, 2.05) is 6.92 Å². The van der Waals surface area contributed by atoms with Gasteiger partial charge in [-0.05, 0) is 80.8 Å². The third-order valence-corrected chi connectivity index (χ3v) is 6.73. The molecule has 9 heteroatoms. The number of nitrogens with zero attached hydrogens (tertiary/aromatic N) is 1. The van der Waals surface area contributed by atoms with Gasteiger partial charge >= 0.3 is 0 Å². The zero-order valence-electron chi connectivity index (χ0n) is 21.0. The second-order valence-corrected chi connectivity index (χ2v) is 9.79. The van der Waals surface area contributed by atoms with Crippen LogP contribution >= 0.6 is 11.6 Å². The molecule has 3 amide bonds. The lowest BCUT2D eigenvalue weighted by atomic mass is 10.1. The van der Waals surface area contributed by atoms with E-state index in [0.29, 0.717) is 45.7 Å². The number of aryl methyl sites for hydroxylation is 1. The van der Waals surface area contributed by atoms with Crippen molar-refractivity contribution in [3.05, 3.63) is 82.4 Å². The summed E-state index contributed by atoms with van der Waals surface area (Å²) in [5, 5.41) is 3.42. The second kappa shape index (κ2) is 10.8. The van der Waals surface area contributed by atoms with Gasteiger partial charge in [0.05, 0.1) is 23.8 Å². The Labute approximate surface area is 225 Å². The summed E-state index contributed by atoms with van der Waals surface area (Å²) in [6.07, 6.45) is 0.895. The number of hydrogen-bond donors (Lipinski definition) is 1. The molecule has 8 nitrogen and oxygen atoms in total. The molecule has 1 N–H and O–H groups in total. The van der Waals surface area contributed by atoms with Crippen LogP contribution in [0.4, 0.5) is 5.69 Å². The van der Waals surface area contributed by atoms with Gasteiger partial charge in [0.2, 0.25) is 0 Å². The van der Waals surface area contributed by atoms with Crippen molar-refractivity contribution in [2.45, 2.75) is 38.9 Å². The SMILES string of the molecule is Cc1cc(Cl)ccc1OC(C)C(=O)Nc1cccc(Oc2ccc3c(c2)C(=O)N(CC2CCCO2)C3=O)c1. The Morgan fingerprint density at radius 1 is 1.08 bits per heavy atom. The molecule has 2 aliphatic heterocycles. The van der Waals surface area contributed by atoms with Crippen LogP contribution in [0, 0.1) is 6.92 Å². The molecule has 38 heavy (non-hydrogen) atoms. The lowest BCUT2D eigenvalue weighted by Crippen LogP contribution is -2.36. The fourth-order valence-electron chi connectivity index (χ4n) is 4.50. The summed E-state index contributed by atoms with van der Waals surface area (Å²) in [6, 6.07) is 16.9. The Balaban J connectivity index is 1.23. The first-order valence-corrected chi connectivity index (χ1v) is 12.8. The lowest BCUT2D eigenvalue weighted by molar-refractivity contribution is -0.122. The number of carbonyl (C=O) groups excluding carboxylic acids is 3. The van der Waals surface area contributed by atoms with Gasteiger partial charge in [0.25, 0.3) is 17.7 Å². The van der Waals surface area contributed by atoms with E-state index in [2.05, 4.69) is 5.32 Å². The van der Waals surface area contributed by atoms with Crippen LogP contribution in [0.1, 0.15) is 46.0 Å². The van der Waals surface area contributed by atoms with Crippen molar-refractivity contribution in [1.82, 2.24) is 4.90 Å². The molecule has 2 atom stereocenters. The molecule has 3 aromatic carbocycles. The highest BCUT2D eigenvalue weighted by Crippen LogP contribution is 2.31. The van der Waals surface area contributed by atoms with Gasteiger partial charge in [-0.15, -0.1) is 0 Å². The summed E-state index contributed by atoms with van der Waals surface area (Å²) in [7, 11) is 0. The van der Waals surface area contributed by atoms with Crippen molar-refractivity contribution in [3.63, 3.8) is 0 Å². The van der Waals surface area contributed by atoms with E-state index < -0.39 is 6.10 Å². The zero-order chi connectivity index (χ0) is 26.8. The summed E-state index contributed by atoms with van der Waals surface area (Å²) in [5.41, 5.74) is 2.01. The van der Waals surface area contributed by atoms with Crippen LogP contribution < -0.4 is 14.8 Å². The number of ether oxygens (including phenoxy) is 3. The number of nitrogens with one attached hydrogen (secondary N) is 1. The zero-order valence-corrected chi connectivity index (χ0v) is 21.8. The molecular weight excluding hydrogens is 508 g/mol. The fourth-order valence-corrected chi connectivity index (χ4v) is 4.72. The molecule has 1 fully saturated rings. The monoisotopic (exact) mass is 534 g/mol. The maximum atomic E-state index is 12.9. The predicted molar refractivity (Wildman–Crippen MR) is 142 cm³/mol. The average molecular weight is 535 g/mol. The van der Waals surface area contributed by atoms with Crippen molar-refractivity contribution >= 4 is 35.0 Å². The fraction of sp³-hybridized carbons (Fsp3) is 0.276. The van der Waals surface area contributed by atoms with Gasteiger partial charge in [-0.25, -0.2) is 0 Å². The number of halogens is 1. The van der Waals surface area contributed by atoms with Crippen LogP contribution in [0.15, 0.2) is 60.7 Å². The molecule has 3 aromatic rings. The molecule has 5 rings (SSSR count). The molecule has 196 valence electrons. The third kappa shape index (κ3) is 5.51. The van der Waals surface area contributed by atoms with E-state index in [9.17, 15) is 14.4 Å². The Morgan fingerprint density at radius 2 is 1.87 bits per heavy atom. The molecule has 1 saturated heterocycles. The van der Waals surface area contributed by atoms with Crippen LogP contribution in [0.25, 0.3) is 0 Å². The van der Waals surface area contributed by atoms with Crippen molar-refractivity contribution in [1.29, 1.82) is 0 Å². The van der Waals surface area contributed by atoms with Gasteiger partial charge in [0, 0.05) is 23.4 Å². The quantitative estimate of drug-likeness (QED) is 0.377. The number of amides is 3. The Bertz CT molecular complexity index is 1400. The van der Waals surface area contributed by atoms with Crippen LogP contribution in [0.2, 0.25) is 5.02 Å². The normalized spacial score (nSPS) is 17.3.